The van der Waals surface area contributed by atoms with Crippen LogP contribution in [0.4, 0.5) is 0 Å². The minimum atomic E-state index is -0.255. The molecule has 0 amide bonds. The average Bonchev–Trinajstić information content (AvgIpc) is 2.40. The number of hydrogen-bond acceptors (Lipinski definition) is 3. The van der Waals surface area contributed by atoms with Gasteiger partial charge >= 0.3 is 0 Å². The second kappa shape index (κ2) is 4.17. The van der Waals surface area contributed by atoms with Crippen LogP contribution in [0.3, 0.4) is 0 Å². The Kier molecular flexibility index (Phi) is 2.49. The first-order valence-corrected chi connectivity index (χ1v) is 5.79. The van der Waals surface area contributed by atoms with Crippen LogP contribution in [0.5, 0.6) is 11.5 Å². The van der Waals surface area contributed by atoms with Crippen molar-refractivity contribution in [2.45, 2.75) is 0 Å². The fraction of sp³-hybridized carbons (Fsp3) is 0. The summed E-state index contributed by atoms with van der Waals surface area (Å²) in [7, 11) is 0. The van der Waals surface area contributed by atoms with Crippen LogP contribution >= 0.6 is 0 Å². The number of hydrogen-bond donors (Lipinski definition) is 3. The summed E-state index contributed by atoms with van der Waals surface area (Å²) < 4.78 is 0. The lowest BCUT2D eigenvalue weighted by molar-refractivity contribution is 0.475. The lowest BCUT2D eigenvalue weighted by Gasteiger charge is -2.08. The highest BCUT2D eigenvalue weighted by molar-refractivity contribution is 5.99. The van der Waals surface area contributed by atoms with Crippen LogP contribution in [-0.4, -0.2) is 15.2 Å². The third-order valence-electron chi connectivity index (χ3n) is 3.06. The molecule has 0 fully saturated rings. The molecule has 0 saturated carbocycles. The van der Waals surface area contributed by atoms with E-state index in [0.717, 1.165) is 5.56 Å². The normalized spacial score (nSPS) is 10.7. The van der Waals surface area contributed by atoms with E-state index < -0.39 is 0 Å². The molecule has 3 N–H and O–H groups in total. The number of H-pyrrole nitrogens is 1. The van der Waals surface area contributed by atoms with Crippen molar-refractivity contribution in [2.75, 3.05) is 0 Å². The maximum atomic E-state index is 11.8. The summed E-state index contributed by atoms with van der Waals surface area (Å²) in [5.41, 5.74) is 1.14. The number of phenols is 2. The van der Waals surface area contributed by atoms with Gasteiger partial charge in [0.25, 0.3) is 5.56 Å². The molecule has 3 rings (SSSR count). The van der Waals surface area contributed by atoms with Gasteiger partial charge in [-0.3, -0.25) is 4.79 Å². The molecule has 1 heterocycles. The minimum Gasteiger partial charge on any atom is -0.508 e. The second-order valence-electron chi connectivity index (χ2n) is 4.28. The molecule has 0 unspecified atom stereocenters. The summed E-state index contributed by atoms with van der Waals surface area (Å²) in [6.45, 7) is 0. The van der Waals surface area contributed by atoms with E-state index >= 15 is 0 Å². The van der Waals surface area contributed by atoms with Crippen molar-refractivity contribution in [2.24, 2.45) is 0 Å². The standard InChI is InChI=1S/C15H11NO3/c17-10-4-1-3-9(7-10)12-8-16-15(19)11-5-2-6-13(18)14(11)12/h1-8,17-18H,(H,16,19). The van der Waals surface area contributed by atoms with E-state index in [0.29, 0.717) is 16.3 Å². The average molecular weight is 253 g/mol. The van der Waals surface area contributed by atoms with E-state index in [-0.39, 0.29) is 17.1 Å². The molecule has 0 saturated heterocycles. The smallest absolute Gasteiger partial charge is 0.255 e. The molecule has 4 heteroatoms. The quantitative estimate of drug-likeness (QED) is 0.624. The molecular formula is C15H11NO3. The van der Waals surface area contributed by atoms with Crippen LogP contribution < -0.4 is 5.56 Å². The zero-order valence-corrected chi connectivity index (χ0v) is 9.92. The predicted octanol–water partition coefficient (Wildman–Crippen LogP) is 2.61. The Labute approximate surface area is 108 Å². The molecular weight excluding hydrogens is 242 g/mol. The van der Waals surface area contributed by atoms with E-state index in [2.05, 4.69) is 4.98 Å². The topological polar surface area (TPSA) is 73.3 Å². The molecule has 1 aromatic heterocycles. The fourth-order valence-electron chi connectivity index (χ4n) is 2.20. The van der Waals surface area contributed by atoms with Gasteiger partial charge in [-0.1, -0.05) is 18.2 Å². The summed E-state index contributed by atoms with van der Waals surface area (Å²) >= 11 is 0. The van der Waals surface area contributed by atoms with Crippen LogP contribution in [0.2, 0.25) is 0 Å². The second-order valence-corrected chi connectivity index (χ2v) is 4.28. The lowest BCUT2D eigenvalue weighted by Crippen LogP contribution is -2.05. The van der Waals surface area contributed by atoms with E-state index in [1.807, 2.05) is 0 Å². The molecule has 4 nitrogen and oxygen atoms in total. The van der Waals surface area contributed by atoms with Gasteiger partial charge in [-0.15, -0.1) is 0 Å². The molecule has 94 valence electrons. The maximum Gasteiger partial charge on any atom is 0.255 e. The molecule has 0 spiro atoms. The lowest BCUT2D eigenvalue weighted by atomic mass is 10.00. The number of aromatic amines is 1. The molecule has 0 atom stereocenters. The van der Waals surface area contributed by atoms with E-state index in [4.69, 9.17) is 0 Å². The first-order chi connectivity index (χ1) is 9.16. The molecule has 3 aromatic rings. The number of nitrogens with one attached hydrogen (secondary N) is 1. The molecule has 0 aliphatic rings. The number of phenolic OH excluding ortho intramolecular Hbond substituents is 2. The van der Waals surface area contributed by atoms with E-state index in [1.54, 1.807) is 42.6 Å². The monoisotopic (exact) mass is 253 g/mol. The van der Waals surface area contributed by atoms with Gasteiger partial charge in [0.15, 0.2) is 0 Å². The van der Waals surface area contributed by atoms with Crippen molar-refractivity contribution in [3.63, 3.8) is 0 Å². The van der Waals surface area contributed by atoms with Crippen LogP contribution in [0.1, 0.15) is 0 Å². The molecule has 0 aliphatic heterocycles. The first-order valence-electron chi connectivity index (χ1n) is 5.79. The Bertz CT molecular complexity index is 821. The van der Waals surface area contributed by atoms with Gasteiger partial charge in [-0.2, -0.15) is 0 Å². The number of benzene rings is 2. The number of aromatic nitrogens is 1. The Morgan fingerprint density at radius 2 is 1.79 bits per heavy atom. The third kappa shape index (κ3) is 1.83. The van der Waals surface area contributed by atoms with Crippen molar-refractivity contribution in [3.05, 3.63) is 59.0 Å². The highest BCUT2D eigenvalue weighted by Crippen LogP contribution is 2.33. The number of fused-ring (bicyclic) bond motifs is 1. The molecule has 0 radical (unpaired) electrons. The third-order valence-corrected chi connectivity index (χ3v) is 3.06. The molecule has 2 aromatic carbocycles. The van der Waals surface area contributed by atoms with Crippen LogP contribution in [0, 0.1) is 0 Å². The van der Waals surface area contributed by atoms with Gasteiger partial charge in [0.2, 0.25) is 0 Å². The molecule has 19 heavy (non-hydrogen) atoms. The largest absolute Gasteiger partial charge is 0.508 e. The summed E-state index contributed by atoms with van der Waals surface area (Å²) in [5, 5.41) is 20.4. The van der Waals surface area contributed by atoms with E-state index in [9.17, 15) is 15.0 Å². The molecule has 0 bridgehead atoms. The summed E-state index contributed by atoms with van der Waals surface area (Å²) in [6.07, 6.45) is 1.54. The molecule has 0 aliphatic carbocycles. The fourth-order valence-corrected chi connectivity index (χ4v) is 2.20. The van der Waals surface area contributed by atoms with Gasteiger partial charge in [0.05, 0.1) is 5.39 Å². The summed E-state index contributed by atoms with van der Waals surface area (Å²) in [4.78, 5) is 14.4. The zero-order chi connectivity index (χ0) is 13.4. The van der Waals surface area contributed by atoms with Gasteiger partial charge in [0.1, 0.15) is 11.5 Å². The summed E-state index contributed by atoms with van der Waals surface area (Å²) in [6, 6.07) is 11.5. The number of aromatic hydroxyl groups is 2. The van der Waals surface area contributed by atoms with Gasteiger partial charge < -0.3 is 15.2 Å². The van der Waals surface area contributed by atoms with Gasteiger partial charge in [-0.25, -0.2) is 0 Å². The Hall–Kier alpha value is -2.75. The van der Waals surface area contributed by atoms with Crippen molar-refractivity contribution >= 4 is 10.8 Å². The van der Waals surface area contributed by atoms with Gasteiger partial charge in [-0.05, 0) is 29.8 Å². The maximum absolute atomic E-state index is 11.8. The van der Waals surface area contributed by atoms with Crippen molar-refractivity contribution in [1.82, 2.24) is 4.98 Å². The zero-order valence-electron chi connectivity index (χ0n) is 9.92. The van der Waals surface area contributed by atoms with Crippen LogP contribution in [0.25, 0.3) is 21.9 Å². The minimum absolute atomic E-state index is 0.0435. The van der Waals surface area contributed by atoms with Crippen LogP contribution in [0.15, 0.2) is 53.5 Å². The number of rotatable bonds is 1. The van der Waals surface area contributed by atoms with E-state index in [1.165, 1.54) is 6.07 Å². The highest BCUT2D eigenvalue weighted by Gasteiger charge is 2.10. The van der Waals surface area contributed by atoms with Crippen molar-refractivity contribution in [3.8, 4) is 22.6 Å². The summed E-state index contributed by atoms with van der Waals surface area (Å²) in [5.74, 6) is 0.175. The Balaban J connectivity index is 2.43. The van der Waals surface area contributed by atoms with Gasteiger partial charge in [0, 0.05) is 17.1 Å². The van der Waals surface area contributed by atoms with Crippen LogP contribution in [-0.2, 0) is 0 Å². The Morgan fingerprint density at radius 3 is 2.58 bits per heavy atom. The SMILES string of the molecule is O=c1[nH]cc(-c2cccc(O)c2)c2c(O)cccc12. The first kappa shape index (κ1) is 11.3. The van der Waals surface area contributed by atoms with Crippen molar-refractivity contribution < 1.29 is 10.2 Å². The Morgan fingerprint density at radius 1 is 1.00 bits per heavy atom. The highest BCUT2D eigenvalue weighted by atomic mass is 16.3. The predicted molar refractivity (Wildman–Crippen MR) is 73.3 cm³/mol. The number of pyridine rings is 1. The van der Waals surface area contributed by atoms with Crippen molar-refractivity contribution in [1.29, 1.82) is 0 Å².